The van der Waals surface area contributed by atoms with Crippen LogP contribution in [0, 0.1) is 0 Å². The number of carbonyl (C=O) groups is 2. The van der Waals surface area contributed by atoms with Gasteiger partial charge in [0, 0.05) is 12.0 Å². The molecule has 0 saturated carbocycles. The predicted octanol–water partition coefficient (Wildman–Crippen LogP) is 4.60. The van der Waals surface area contributed by atoms with Crippen molar-refractivity contribution in [2.75, 3.05) is 0 Å². The Morgan fingerprint density at radius 3 is 1.96 bits per heavy atom. The summed E-state index contributed by atoms with van der Waals surface area (Å²) < 4.78 is 87.0. The topological polar surface area (TPSA) is 52.6 Å². The van der Waals surface area contributed by atoms with Crippen LogP contribution in [0.5, 0.6) is 5.75 Å². The summed E-state index contributed by atoms with van der Waals surface area (Å²) in [5.41, 5.74) is -5.56. The summed E-state index contributed by atoms with van der Waals surface area (Å²) >= 11 is 0. The lowest BCUT2D eigenvalue weighted by atomic mass is 9.98. The molecule has 1 aromatic rings. The molecule has 4 nitrogen and oxygen atoms in total. The van der Waals surface area contributed by atoms with Gasteiger partial charge in [0.25, 0.3) is 0 Å². The van der Waals surface area contributed by atoms with Crippen LogP contribution in [0.2, 0.25) is 0 Å². The number of benzene rings is 1. The van der Waals surface area contributed by atoms with Crippen LogP contribution in [0.25, 0.3) is 0 Å². The molecule has 0 fully saturated rings. The van der Waals surface area contributed by atoms with E-state index in [0.717, 1.165) is 18.2 Å². The molecule has 26 heavy (non-hydrogen) atoms. The highest BCUT2D eigenvalue weighted by atomic mass is 19.4. The molecule has 10 heteroatoms. The lowest BCUT2D eigenvalue weighted by Crippen LogP contribution is -2.59. The van der Waals surface area contributed by atoms with Gasteiger partial charge in [-0.3, -0.25) is 0 Å². The summed E-state index contributed by atoms with van der Waals surface area (Å²) in [6, 6.07) is 4.31. The van der Waals surface area contributed by atoms with Gasteiger partial charge in [-0.2, -0.15) is 26.3 Å². The van der Waals surface area contributed by atoms with E-state index in [0.29, 0.717) is 6.92 Å². The van der Waals surface area contributed by atoms with E-state index in [2.05, 4.69) is 11.3 Å². The molecule has 0 N–H and O–H groups in total. The average Bonchev–Trinajstić information content (AvgIpc) is 2.50. The standard InChI is InChI=1S/C16H14F6O4/c1-4-14(15(17,18)19,16(20,21)22)26-13(24)10-7-5-6-8-11(10)25-12(23)9(2)3/h5-8H,2,4H2,1,3H3. The first kappa shape index (κ1) is 21.5. The molecule has 0 atom stereocenters. The maximum Gasteiger partial charge on any atom is 0.437 e. The molecular weight excluding hydrogens is 370 g/mol. The molecule has 0 bridgehead atoms. The van der Waals surface area contributed by atoms with Gasteiger partial charge in [0.1, 0.15) is 11.3 Å². The first-order valence-corrected chi connectivity index (χ1v) is 7.10. The molecule has 0 amide bonds. The number of hydrogen-bond acceptors (Lipinski definition) is 4. The molecule has 0 heterocycles. The molecule has 1 rings (SSSR count). The van der Waals surface area contributed by atoms with Crippen LogP contribution in [0.4, 0.5) is 26.3 Å². The van der Waals surface area contributed by atoms with E-state index in [9.17, 15) is 35.9 Å². The smallest absolute Gasteiger partial charge is 0.436 e. The van der Waals surface area contributed by atoms with E-state index >= 15 is 0 Å². The summed E-state index contributed by atoms with van der Waals surface area (Å²) in [6.45, 7) is 5.12. The number of carbonyl (C=O) groups excluding carboxylic acids is 2. The van der Waals surface area contributed by atoms with Crippen LogP contribution in [0.1, 0.15) is 30.6 Å². The van der Waals surface area contributed by atoms with E-state index in [-0.39, 0.29) is 5.57 Å². The summed E-state index contributed by atoms with van der Waals surface area (Å²) in [5.74, 6) is -3.51. The molecule has 0 radical (unpaired) electrons. The normalized spacial score (nSPS) is 12.5. The number of ether oxygens (including phenoxy) is 2. The molecule has 0 spiro atoms. The van der Waals surface area contributed by atoms with Crippen molar-refractivity contribution in [3.05, 3.63) is 42.0 Å². The number of hydrogen-bond donors (Lipinski definition) is 0. The van der Waals surface area contributed by atoms with E-state index in [1.807, 2.05) is 0 Å². The van der Waals surface area contributed by atoms with Gasteiger partial charge in [-0.15, -0.1) is 0 Å². The number of esters is 2. The van der Waals surface area contributed by atoms with Crippen molar-refractivity contribution in [2.45, 2.75) is 38.2 Å². The Morgan fingerprint density at radius 1 is 1.04 bits per heavy atom. The van der Waals surface area contributed by atoms with Gasteiger partial charge in [0.2, 0.25) is 0 Å². The molecule has 0 aromatic heterocycles. The first-order valence-electron chi connectivity index (χ1n) is 7.10. The lowest BCUT2D eigenvalue weighted by Gasteiger charge is -2.35. The van der Waals surface area contributed by atoms with Gasteiger partial charge in [-0.1, -0.05) is 25.6 Å². The minimum Gasteiger partial charge on any atom is -0.436 e. The number of rotatable bonds is 5. The second-order valence-electron chi connectivity index (χ2n) is 5.23. The molecule has 0 saturated heterocycles. The van der Waals surface area contributed by atoms with E-state index < -0.39 is 47.6 Å². The van der Waals surface area contributed by atoms with Gasteiger partial charge in [-0.25, -0.2) is 9.59 Å². The minimum atomic E-state index is -5.90. The lowest BCUT2D eigenvalue weighted by molar-refractivity contribution is -0.365. The third-order valence-corrected chi connectivity index (χ3v) is 3.34. The van der Waals surface area contributed by atoms with Gasteiger partial charge in [-0.05, 0) is 19.1 Å². The highest BCUT2D eigenvalue weighted by Crippen LogP contribution is 2.48. The highest BCUT2D eigenvalue weighted by Gasteiger charge is 2.73. The molecule has 0 aliphatic rings. The first-order chi connectivity index (χ1) is 11.8. The fourth-order valence-corrected chi connectivity index (χ4v) is 1.87. The van der Waals surface area contributed by atoms with Crippen molar-refractivity contribution >= 4 is 11.9 Å². The second-order valence-corrected chi connectivity index (χ2v) is 5.23. The number of para-hydroxylation sites is 1. The van der Waals surface area contributed by atoms with Crippen molar-refractivity contribution in [3.8, 4) is 5.75 Å². The van der Waals surface area contributed by atoms with Crippen LogP contribution >= 0.6 is 0 Å². The monoisotopic (exact) mass is 384 g/mol. The highest BCUT2D eigenvalue weighted by molar-refractivity contribution is 5.95. The maximum atomic E-state index is 13.1. The van der Waals surface area contributed by atoms with Crippen molar-refractivity contribution in [1.82, 2.24) is 0 Å². The van der Waals surface area contributed by atoms with E-state index in [1.165, 1.54) is 13.0 Å². The maximum absolute atomic E-state index is 13.1. The molecule has 0 aliphatic carbocycles. The Morgan fingerprint density at radius 2 is 1.54 bits per heavy atom. The Hall–Kier alpha value is -2.52. The van der Waals surface area contributed by atoms with Crippen LogP contribution in [0.15, 0.2) is 36.4 Å². The second kappa shape index (κ2) is 7.38. The van der Waals surface area contributed by atoms with Gasteiger partial charge < -0.3 is 9.47 Å². The van der Waals surface area contributed by atoms with Crippen molar-refractivity contribution in [3.63, 3.8) is 0 Å². The van der Waals surface area contributed by atoms with Crippen molar-refractivity contribution in [2.24, 2.45) is 0 Å². The average molecular weight is 384 g/mol. The molecule has 0 unspecified atom stereocenters. The zero-order valence-corrected chi connectivity index (χ0v) is 13.6. The largest absolute Gasteiger partial charge is 0.437 e. The summed E-state index contributed by atoms with van der Waals surface area (Å²) in [4.78, 5) is 23.6. The zero-order valence-electron chi connectivity index (χ0n) is 13.6. The summed E-state index contributed by atoms with van der Waals surface area (Å²) in [5, 5.41) is 0. The number of halogens is 6. The molecule has 0 aliphatic heterocycles. The Balaban J connectivity index is 3.32. The van der Waals surface area contributed by atoms with E-state index in [4.69, 9.17) is 4.74 Å². The molecule has 144 valence electrons. The van der Waals surface area contributed by atoms with Gasteiger partial charge in [0.05, 0.1) is 0 Å². The Labute approximate surface area is 144 Å². The van der Waals surface area contributed by atoms with Crippen molar-refractivity contribution in [1.29, 1.82) is 0 Å². The van der Waals surface area contributed by atoms with Crippen LogP contribution < -0.4 is 4.74 Å². The Bertz CT molecular complexity index is 691. The van der Waals surface area contributed by atoms with E-state index in [1.54, 1.807) is 0 Å². The zero-order chi connectivity index (χ0) is 20.3. The quantitative estimate of drug-likeness (QED) is 0.322. The Kier molecular flexibility index (Phi) is 6.11. The van der Waals surface area contributed by atoms with Crippen molar-refractivity contribution < 1.29 is 45.4 Å². The van der Waals surface area contributed by atoms with Crippen LogP contribution in [-0.4, -0.2) is 29.9 Å². The predicted molar refractivity (Wildman–Crippen MR) is 77.4 cm³/mol. The summed E-state index contributed by atoms with van der Waals surface area (Å²) in [7, 11) is 0. The van der Waals surface area contributed by atoms with Crippen LogP contribution in [0.3, 0.4) is 0 Å². The summed E-state index contributed by atoms with van der Waals surface area (Å²) in [6.07, 6.45) is -13.4. The fourth-order valence-electron chi connectivity index (χ4n) is 1.87. The van der Waals surface area contributed by atoms with Gasteiger partial charge >= 0.3 is 29.9 Å². The van der Waals surface area contributed by atoms with Crippen LogP contribution in [-0.2, 0) is 9.53 Å². The third-order valence-electron chi connectivity index (χ3n) is 3.34. The SMILES string of the molecule is C=C(C)C(=O)Oc1ccccc1C(=O)OC(CC)(C(F)(F)F)C(F)(F)F. The van der Waals surface area contributed by atoms with Gasteiger partial charge in [0.15, 0.2) is 0 Å². The molecule has 1 aromatic carbocycles. The minimum absolute atomic E-state index is 0.0957. The fraction of sp³-hybridized carbons (Fsp3) is 0.375. The molecular formula is C16H14F6O4. The third kappa shape index (κ3) is 4.17. The number of alkyl halides is 6.